The zero-order valence-corrected chi connectivity index (χ0v) is 58.9. The quantitative estimate of drug-likeness (QED) is 0.0166. The van der Waals surface area contributed by atoms with Crippen LogP contribution in [0.3, 0.4) is 0 Å². The molecule has 2 aromatic rings. The van der Waals surface area contributed by atoms with Gasteiger partial charge < -0.3 is 28.9 Å². The Balaban J connectivity index is -0.000000584. The third kappa shape index (κ3) is 48.8. The van der Waals surface area contributed by atoms with E-state index in [1.54, 1.807) is 26.2 Å². The molecule has 0 aromatic heterocycles. The number of rotatable bonds is 38. The Morgan fingerprint density at radius 3 is 1.30 bits per heavy atom. The van der Waals surface area contributed by atoms with Crippen LogP contribution in [-0.4, -0.2) is 140 Å². The van der Waals surface area contributed by atoms with E-state index in [1.165, 1.54) is 117 Å². The van der Waals surface area contributed by atoms with Gasteiger partial charge >= 0.3 is 43.0 Å². The zero-order chi connectivity index (χ0) is 63.8. The van der Waals surface area contributed by atoms with Crippen LogP contribution < -0.4 is 24.2 Å². The minimum Gasteiger partial charge on any atom is -0.668 e. The Bertz CT molecular complexity index is 2140. The van der Waals surface area contributed by atoms with Crippen molar-refractivity contribution in [2.45, 2.75) is 221 Å². The molecule has 0 spiro atoms. The molecular formula is C65H118LiN6O11PSi2. The largest absolute Gasteiger partial charge is 1.00 e. The average molecular weight is 1250 g/mol. The SMILES string of the molecule is C.CCCCCCCCCCC/C=C/C(=O)CCC(NC(=O)OCc1ccccc1)C(=O)OC.CCCCCCCCCCC/C=C/C(=O)N(CC(=O)OC)C(=O)OCc1ccccc1.CN(C)P(=O)(N(C)C)N(C)C.C[Si](C)(C)[N-][Si](C)(C)C.[Li+]. The molecule has 1 unspecified atom stereocenters. The van der Waals surface area contributed by atoms with Crippen LogP contribution in [0.5, 0.6) is 0 Å². The number of ketones is 1. The monoisotopic (exact) mass is 1250 g/mol. The fraction of sp³-hybridized carbons (Fsp3) is 0.662. The number of hydrogen-bond acceptors (Lipinski definition) is 11. The van der Waals surface area contributed by atoms with Gasteiger partial charge in [0.05, 0.1) is 14.2 Å². The van der Waals surface area contributed by atoms with Gasteiger partial charge in [-0.15, -0.1) is 0 Å². The first kappa shape index (κ1) is 88.3. The van der Waals surface area contributed by atoms with Crippen molar-refractivity contribution >= 4 is 59.9 Å². The number of methoxy groups -OCH3 is 2. The van der Waals surface area contributed by atoms with Gasteiger partial charge in [-0.25, -0.2) is 33.3 Å². The number of nitrogens with zero attached hydrogens (tertiary/aromatic N) is 5. The predicted molar refractivity (Wildman–Crippen MR) is 358 cm³/mol. The number of alkyl carbamates (subject to hydrolysis) is 1. The molecule has 488 valence electrons. The molecule has 1 atom stereocenters. The number of carbonyl (C=O) groups excluding carboxylic acids is 6. The first-order chi connectivity index (χ1) is 39.7. The van der Waals surface area contributed by atoms with Crippen LogP contribution in [0.2, 0.25) is 39.3 Å². The number of allylic oxidation sites excluding steroid dienone is 3. The van der Waals surface area contributed by atoms with E-state index < -0.39 is 66.7 Å². The molecule has 21 heteroatoms. The summed E-state index contributed by atoms with van der Waals surface area (Å²) in [5.74, 6) is -1.94. The van der Waals surface area contributed by atoms with Gasteiger partial charge in [-0.1, -0.05) is 253 Å². The summed E-state index contributed by atoms with van der Waals surface area (Å²) >= 11 is 0. The van der Waals surface area contributed by atoms with Crippen molar-refractivity contribution in [3.63, 3.8) is 0 Å². The number of benzene rings is 2. The number of nitrogens with one attached hydrogen (secondary N) is 1. The van der Waals surface area contributed by atoms with Gasteiger partial charge in [-0.3, -0.25) is 18.9 Å². The number of imide groups is 1. The number of unbranched alkanes of at least 4 members (excludes halogenated alkanes) is 18. The third-order valence-electron chi connectivity index (χ3n) is 12.6. The molecule has 3 amide bonds. The van der Waals surface area contributed by atoms with Gasteiger partial charge in [0.1, 0.15) is 25.8 Å². The minimum absolute atomic E-state index is 0. The first-order valence-electron chi connectivity index (χ1n) is 30.6. The molecule has 0 bridgehead atoms. The average Bonchev–Trinajstić information content (AvgIpc) is 3.30. The van der Waals surface area contributed by atoms with Gasteiger partial charge in [-0.05, 0) is 97.7 Å². The van der Waals surface area contributed by atoms with Crippen LogP contribution in [0.15, 0.2) is 85.0 Å². The molecule has 1 N–H and O–H groups in total. The Hall–Kier alpha value is -4.16. The van der Waals surface area contributed by atoms with E-state index in [0.717, 1.165) is 48.1 Å². The number of amides is 3. The summed E-state index contributed by atoms with van der Waals surface area (Å²) in [4.78, 5) is 73.3. The number of carbonyl (C=O) groups is 6. The van der Waals surface area contributed by atoms with Crippen molar-refractivity contribution in [3.05, 3.63) is 101 Å². The van der Waals surface area contributed by atoms with Gasteiger partial charge in [0, 0.05) is 6.42 Å². The van der Waals surface area contributed by atoms with E-state index in [4.69, 9.17) is 18.9 Å². The van der Waals surface area contributed by atoms with E-state index in [2.05, 4.69) is 63.2 Å². The van der Waals surface area contributed by atoms with Crippen LogP contribution in [0.4, 0.5) is 9.59 Å². The van der Waals surface area contributed by atoms with E-state index in [0.29, 0.717) is 0 Å². The summed E-state index contributed by atoms with van der Waals surface area (Å²) in [6.07, 6.45) is 29.5. The van der Waals surface area contributed by atoms with Crippen LogP contribution in [0.25, 0.3) is 4.65 Å². The van der Waals surface area contributed by atoms with E-state index in [9.17, 15) is 33.3 Å². The minimum atomic E-state index is -2.44. The van der Waals surface area contributed by atoms with Gasteiger partial charge in [0.15, 0.2) is 5.78 Å². The van der Waals surface area contributed by atoms with Crippen molar-refractivity contribution in [2.24, 2.45) is 0 Å². The molecule has 2 aromatic carbocycles. The normalized spacial score (nSPS) is 11.6. The molecule has 17 nitrogen and oxygen atoms in total. The number of hydrogen-bond donors (Lipinski definition) is 1. The van der Waals surface area contributed by atoms with Crippen LogP contribution in [-0.2, 0) is 55.9 Å². The molecule has 0 radical (unpaired) electrons. The second kappa shape index (κ2) is 53.8. The number of esters is 2. The summed E-state index contributed by atoms with van der Waals surface area (Å²) in [5, 5.41) is 2.49. The summed E-state index contributed by atoms with van der Waals surface area (Å²) in [7, 11) is 8.73. The van der Waals surface area contributed by atoms with Gasteiger partial charge in [0.2, 0.25) is 0 Å². The van der Waals surface area contributed by atoms with E-state index in [1.807, 2.05) is 109 Å². The second-order valence-corrected chi connectivity index (χ2v) is 36.4. The van der Waals surface area contributed by atoms with E-state index >= 15 is 0 Å². The summed E-state index contributed by atoms with van der Waals surface area (Å²) < 4.78 is 41.8. The maximum Gasteiger partial charge on any atom is 1.00 e. The van der Waals surface area contributed by atoms with Crippen molar-refractivity contribution in [2.75, 3.05) is 63.1 Å². The molecular weight excluding hydrogens is 1130 g/mol. The Morgan fingerprint density at radius 2 is 0.953 bits per heavy atom. The Labute approximate surface area is 537 Å². The molecule has 0 aliphatic rings. The van der Waals surface area contributed by atoms with Gasteiger partial charge in [0.25, 0.3) is 13.5 Å². The maximum absolute atomic E-state index is 12.4. The molecule has 0 aliphatic carbocycles. The summed E-state index contributed by atoms with van der Waals surface area (Å²) in [6.45, 7) is 17.9. The van der Waals surface area contributed by atoms with Gasteiger partial charge in [-0.2, -0.15) is 0 Å². The topological polar surface area (TPSA) is 196 Å². The fourth-order valence-electron chi connectivity index (χ4n) is 8.61. The zero-order valence-electron chi connectivity index (χ0n) is 56.0. The standard InChI is InChI=1S/C27H41NO5.C25H37NO5.C6H18N3OP.C6H18NSi2.CH4.Li/c1-3-4-5-6-7-8-9-10-11-12-16-19-24(29)20-21-25(26(30)32-2)28-27(31)33-22-23-17-14-13-15-18-23;1-3-4-5-6-7-8-9-10-11-12-16-19-23(27)26(20-24(28)30-2)25(29)31-21-22-17-14-13-15-18-22;1-7(2)11(10,8(3)4)9(5)6;1-8(2,3)7-9(4,5)6;;/h13-19,25H,3-12,20-22H2,1-2H3,(H,28,31);13-19H,3-12,20-21H2,1-2H3;1-6H3;1-6H3;1H4;/q;;;-1;;+1/b2*19-16+;;;;. The number of ether oxygens (including phenoxy) is 4. The first-order valence-corrected chi connectivity index (χ1v) is 39.0. The molecule has 2 rings (SSSR count). The smallest absolute Gasteiger partial charge is 0.668 e. The second-order valence-electron chi connectivity index (χ2n) is 23.4. The molecule has 0 saturated heterocycles. The van der Waals surface area contributed by atoms with Crippen LogP contribution >= 0.6 is 7.59 Å². The fourth-order valence-corrected chi connectivity index (χ4v) is 18.8. The van der Waals surface area contributed by atoms with E-state index in [-0.39, 0.29) is 58.1 Å². The van der Waals surface area contributed by atoms with Crippen LogP contribution in [0.1, 0.15) is 174 Å². The van der Waals surface area contributed by atoms with Crippen molar-refractivity contribution in [1.82, 2.24) is 24.2 Å². The predicted octanol–water partition coefficient (Wildman–Crippen LogP) is 13.5. The van der Waals surface area contributed by atoms with Crippen molar-refractivity contribution in [1.29, 1.82) is 0 Å². The van der Waals surface area contributed by atoms with Crippen molar-refractivity contribution < 1.29 is 71.1 Å². The Kier molecular flexibility index (Phi) is 55.3. The molecule has 0 heterocycles. The Morgan fingerprint density at radius 1 is 0.570 bits per heavy atom. The van der Waals surface area contributed by atoms with Crippen molar-refractivity contribution in [3.8, 4) is 0 Å². The summed E-state index contributed by atoms with van der Waals surface area (Å²) in [6, 6.07) is 17.5. The summed E-state index contributed by atoms with van der Waals surface area (Å²) in [5.41, 5.74) is 1.64. The maximum atomic E-state index is 12.4. The molecule has 86 heavy (non-hydrogen) atoms. The molecule has 0 aliphatic heterocycles. The van der Waals surface area contributed by atoms with Crippen LogP contribution in [0, 0.1) is 0 Å². The molecule has 0 fully saturated rings. The molecule has 0 saturated carbocycles. The third-order valence-corrected chi connectivity index (χ3v) is 21.1.